The number of carbonyl (C=O) groups is 1. The maximum absolute atomic E-state index is 12.3. The van der Waals surface area contributed by atoms with Crippen molar-refractivity contribution in [1.29, 1.82) is 0 Å². The van der Waals surface area contributed by atoms with Gasteiger partial charge in [-0.05, 0) is 34.9 Å². The molecule has 1 aromatic carbocycles. The zero-order valence-electron chi connectivity index (χ0n) is 11.6. The molecule has 1 N–H and O–H groups in total. The standard InChI is InChI=1S/C19H12BrNO/c20-14-8-9-16-17(19(22)21-18(16)11-14)10-13-7-6-12-4-2-1-3-5-15(12)13/h1-11H,(H,21,22)/b17-10+. The molecule has 3 heteroatoms. The van der Waals surface area contributed by atoms with E-state index in [2.05, 4.69) is 45.5 Å². The number of rotatable bonds is 1. The van der Waals surface area contributed by atoms with E-state index in [-0.39, 0.29) is 5.91 Å². The summed E-state index contributed by atoms with van der Waals surface area (Å²) in [5, 5.41) is 2.92. The van der Waals surface area contributed by atoms with Gasteiger partial charge in [0.25, 0.3) is 5.91 Å². The molecule has 1 aromatic rings. The summed E-state index contributed by atoms with van der Waals surface area (Å²) in [7, 11) is 0. The molecule has 0 atom stereocenters. The van der Waals surface area contributed by atoms with Crippen molar-refractivity contribution >= 4 is 39.2 Å². The summed E-state index contributed by atoms with van der Waals surface area (Å²) in [4.78, 5) is 12.3. The van der Waals surface area contributed by atoms with Crippen molar-refractivity contribution in [3.8, 4) is 11.1 Å². The molecule has 0 saturated heterocycles. The topological polar surface area (TPSA) is 29.1 Å². The molecule has 22 heavy (non-hydrogen) atoms. The second kappa shape index (κ2) is 5.11. The van der Waals surface area contributed by atoms with Gasteiger partial charge in [-0.25, -0.2) is 0 Å². The molecular formula is C19H12BrNO. The Morgan fingerprint density at radius 1 is 0.909 bits per heavy atom. The van der Waals surface area contributed by atoms with Gasteiger partial charge in [-0.2, -0.15) is 0 Å². The molecule has 106 valence electrons. The first-order valence-corrected chi connectivity index (χ1v) is 7.82. The van der Waals surface area contributed by atoms with Crippen molar-refractivity contribution in [2.75, 3.05) is 5.32 Å². The fourth-order valence-corrected chi connectivity index (χ4v) is 3.19. The lowest BCUT2D eigenvalue weighted by Gasteiger charge is -2.00. The third-order valence-corrected chi connectivity index (χ3v) is 4.38. The van der Waals surface area contributed by atoms with Crippen molar-refractivity contribution in [2.24, 2.45) is 0 Å². The molecule has 3 aliphatic rings. The lowest BCUT2D eigenvalue weighted by molar-refractivity contribution is -0.110. The molecule has 2 aliphatic carbocycles. The van der Waals surface area contributed by atoms with Gasteiger partial charge in [-0.1, -0.05) is 64.5 Å². The van der Waals surface area contributed by atoms with Crippen LogP contribution in [-0.4, -0.2) is 5.91 Å². The molecule has 0 aromatic heterocycles. The fraction of sp³-hybridized carbons (Fsp3) is 0. The van der Waals surface area contributed by atoms with Crippen molar-refractivity contribution in [2.45, 2.75) is 0 Å². The van der Waals surface area contributed by atoms with E-state index in [1.807, 2.05) is 42.5 Å². The molecule has 1 amide bonds. The average molecular weight is 350 g/mol. The number of anilines is 1. The first kappa shape index (κ1) is 13.3. The zero-order valence-corrected chi connectivity index (χ0v) is 13.2. The lowest BCUT2D eigenvalue weighted by Crippen LogP contribution is -2.03. The quantitative estimate of drug-likeness (QED) is 0.612. The van der Waals surface area contributed by atoms with Gasteiger partial charge in [-0.15, -0.1) is 0 Å². The molecule has 2 nitrogen and oxygen atoms in total. The molecule has 0 spiro atoms. The van der Waals surface area contributed by atoms with Crippen LogP contribution in [0.2, 0.25) is 0 Å². The summed E-state index contributed by atoms with van der Waals surface area (Å²) in [5.74, 6) is -0.0530. The zero-order chi connectivity index (χ0) is 15.1. The Balaban J connectivity index is 1.86. The predicted octanol–water partition coefficient (Wildman–Crippen LogP) is 5.05. The average Bonchev–Trinajstić information content (AvgIpc) is 2.90. The monoisotopic (exact) mass is 349 g/mol. The highest BCUT2D eigenvalue weighted by Gasteiger charge is 2.24. The van der Waals surface area contributed by atoms with Crippen LogP contribution in [0.1, 0.15) is 11.1 Å². The molecule has 0 bridgehead atoms. The fourth-order valence-electron chi connectivity index (χ4n) is 2.83. The van der Waals surface area contributed by atoms with E-state index < -0.39 is 0 Å². The molecule has 0 saturated carbocycles. The van der Waals surface area contributed by atoms with E-state index >= 15 is 0 Å². The summed E-state index contributed by atoms with van der Waals surface area (Å²) >= 11 is 3.43. The number of hydrogen-bond acceptors (Lipinski definition) is 1. The van der Waals surface area contributed by atoms with Crippen LogP contribution >= 0.6 is 15.9 Å². The van der Waals surface area contributed by atoms with E-state index in [0.29, 0.717) is 5.57 Å². The highest BCUT2D eigenvalue weighted by Crippen LogP contribution is 2.37. The van der Waals surface area contributed by atoms with Gasteiger partial charge in [-0.3, -0.25) is 4.79 Å². The third-order valence-electron chi connectivity index (χ3n) is 3.89. The van der Waals surface area contributed by atoms with Crippen LogP contribution in [0.25, 0.3) is 22.8 Å². The molecule has 1 heterocycles. The van der Waals surface area contributed by atoms with Gasteiger partial charge >= 0.3 is 0 Å². The molecular weight excluding hydrogens is 338 g/mol. The second-order valence-electron chi connectivity index (χ2n) is 5.27. The highest BCUT2D eigenvalue weighted by molar-refractivity contribution is 9.10. The highest BCUT2D eigenvalue weighted by atomic mass is 79.9. The first-order chi connectivity index (χ1) is 10.7. The summed E-state index contributed by atoms with van der Waals surface area (Å²) in [5.41, 5.74) is 5.89. The smallest absolute Gasteiger partial charge is 0.256 e. The number of nitrogens with one attached hydrogen (secondary N) is 1. The molecule has 0 unspecified atom stereocenters. The van der Waals surface area contributed by atoms with Gasteiger partial charge in [0, 0.05) is 15.6 Å². The van der Waals surface area contributed by atoms with Crippen LogP contribution < -0.4 is 5.32 Å². The van der Waals surface area contributed by atoms with Crippen LogP contribution in [-0.2, 0) is 4.79 Å². The van der Waals surface area contributed by atoms with Crippen LogP contribution in [0.3, 0.4) is 0 Å². The molecule has 4 rings (SSSR count). The van der Waals surface area contributed by atoms with Crippen LogP contribution in [0, 0.1) is 0 Å². The second-order valence-corrected chi connectivity index (χ2v) is 6.19. The minimum atomic E-state index is -0.0530. The molecule has 0 radical (unpaired) electrons. The van der Waals surface area contributed by atoms with Crippen molar-refractivity contribution in [3.63, 3.8) is 0 Å². The number of fused-ring (bicyclic) bond motifs is 2. The first-order valence-electron chi connectivity index (χ1n) is 7.03. The predicted molar refractivity (Wildman–Crippen MR) is 93.7 cm³/mol. The largest absolute Gasteiger partial charge is 0.321 e. The van der Waals surface area contributed by atoms with Crippen molar-refractivity contribution in [3.05, 3.63) is 76.3 Å². The Bertz CT molecular complexity index is 898. The van der Waals surface area contributed by atoms with Gasteiger partial charge in [0.2, 0.25) is 0 Å². The third kappa shape index (κ3) is 2.14. The van der Waals surface area contributed by atoms with Crippen molar-refractivity contribution < 1.29 is 4.79 Å². The maximum Gasteiger partial charge on any atom is 0.256 e. The van der Waals surface area contributed by atoms with E-state index in [9.17, 15) is 4.79 Å². The summed E-state index contributed by atoms with van der Waals surface area (Å²) in [6.45, 7) is 0. The van der Waals surface area contributed by atoms with Gasteiger partial charge in [0.1, 0.15) is 0 Å². The molecule has 1 aliphatic heterocycles. The Labute approximate surface area is 137 Å². The summed E-state index contributed by atoms with van der Waals surface area (Å²) in [6, 6.07) is 20.2. The van der Waals surface area contributed by atoms with Crippen LogP contribution in [0.5, 0.6) is 0 Å². The Kier molecular flexibility index (Phi) is 3.09. The van der Waals surface area contributed by atoms with Crippen LogP contribution in [0.15, 0.2) is 65.1 Å². The van der Waals surface area contributed by atoms with E-state index in [1.54, 1.807) is 0 Å². The Hall–Kier alpha value is -2.39. The lowest BCUT2D eigenvalue weighted by atomic mass is 10.0. The van der Waals surface area contributed by atoms with E-state index in [4.69, 9.17) is 0 Å². The number of carbonyl (C=O) groups excluding carboxylic acids is 1. The number of amides is 1. The summed E-state index contributed by atoms with van der Waals surface area (Å²) < 4.78 is 0.957. The van der Waals surface area contributed by atoms with Gasteiger partial charge < -0.3 is 5.32 Å². The van der Waals surface area contributed by atoms with Gasteiger partial charge in [0.15, 0.2) is 0 Å². The minimum absolute atomic E-state index is 0.0530. The SMILES string of the molecule is O=C1Nc2cc(Br)ccc2/C1=C\c1ccc2cccccc1-2. The van der Waals surface area contributed by atoms with E-state index in [1.165, 1.54) is 5.56 Å². The van der Waals surface area contributed by atoms with E-state index in [0.717, 1.165) is 26.9 Å². The maximum atomic E-state index is 12.3. The van der Waals surface area contributed by atoms with Crippen molar-refractivity contribution in [1.82, 2.24) is 0 Å². The number of halogens is 1. The number of benzene rings is 1. The normalized spacial score (nSPS) is 15.1. The summed E-state index contributed by atoms with van der Waals surface area (Å²) in [6.07, 6.45) is 1.97. The molecule has 0 fully saturated rings. The Morgan fingerprint density at radius 2 is 1.77 bits per heavy atom. The Morgan fingerprint density at radius 3 is 2.68 bits per heavy atom. The minimum Gasteiger partial charge on any atom is -0.321 e. The van der Waals surface area contributed by atoms with Gasteiger partial charge in [0.05, 0.1) is 5.69 Å². The number of hydrogen-bond donors (Lipinski definition) is 1. The van der Waals surface area contributed by atoms with Crippen LogP contribution in [0.4, 0.5) is 5.69 Å².